The molecule has 0 unspecified atom stereocenters. The molecule has 23 heavy (non-hydrogen) atoms. The van der Waals surface area contributed by atoms with Crippen LogP contribution in [0.25, 0.3) is 0 Å². The third-order valence-corrected chi connectivity index (χ3v) is 4.80. The molecule has 4 rings (SSSR count). The average molecular weight is 304 g/mol. The van der Waals surface area contributed by atoms with Crippen molar-refractivity contribution in [3.05, 3.63) is 83.9 Å². The summed E-state index contributed by atoms with van der Waals surface area (Å²) in [5, 5.41) is 0. The van der Waals surface area contributed by atoms with Gasteiger partial charge in [0.25, 0.3) is 0 Å². The van der Waals surface area contributed by atoms with Gasteiger partial charge in [-0.25, -0.2) is 0 Å². The third-order valence-electron chi connectivity index (χ3n) is 4.80. The Hall–Kier alpha value is -2.68. The maximum Gasteiger partial charge on any atom is 0.318 e. The van der Waals surface area contributed by atoms with Crippen molar-refractivity contribution in [3.63, 3.8) is 0 Å². The molecule has 1 saturated heterocycles. The van der Waals surface area contributed by atoms with E-state index in [1.54, 1.807) is 0 Å². The van der Waals surface area contributed by atoms with Crippen LogP contribution in [0.5, 0.6) is 0 Å². The van der Waals surface area contributed by atoms with E-state index in [2.05, 4.69) is 0 Å². The molecule has 0 aromatic heterocycles. The van der Waals surface area contributed by atoms with Crippen LogP contribution in [-0.2, 0) is 14.3 Å². The van der Waals surface area contributed by atoms with E-state index in [-0.39, 0.29) is 11.8 Å². The number of carbonyl (C=O) groups excluding carboxylic acids is 2. The van der Waals surface area contributed by atoms with Crippen molar-refractivity contribution in [2.24, 2.45) is 11.8 Å². The predicted octanol–water partition coefficient (Wildman–Crippen LogP) is 3.44. The molecule has 0 bridgehead atoms. The molecule has 0 radical (unpaired) electrons. The Labute approximate surface area is 134 Å². The van der Waals surface area contributed by atoms with Crippen LogP contribution in [0, 0.1) is 11.8 Å². The number of fused-ring (bicyclic) bond motifs is 1. The van der Waals surface area contributed by atoms with E-state index in [1.165, 1.54) is 0 Å². The van der Waals surface area contributed by atoms with Gasteiger partial charge in [-0.3, -0.25) is 9.59 Å². The van der Waals surface area contributed by atoms with Crippen molar-refractivity contribution >= 4 is 11.9 Å². The monoisotopic (exact) mass is 304 g/mol. The second kappa shape index (κ2) is 5.51. The summed E-state index contributed by atoms with van der Waals surface area (Å²) >= 11 is 0. The fourth-order valence-corrected chi connectivity index (χ4v) is 3.73. The van der Waals surface area contributed by atoms with Gasteiger partial charge in [-0.05, 0) is 11.1 Å². The van der Waals surface area contributed by atoms with Crippen LogP contribution in [0.2, 0.25) is 0 Å². The zero-order valence-corrected chi connectivity index (χ0v) is 12.5. The predicted molar refractivity (Wildman–Crippen MR) is 85.6 cm³/mol. The number of cyclic esters (lactones) is 2. The van der Waals surface area contributed by atoms with E-state index in [0.717, 1.165) is 11.1 Å². The van der Waals surface area contributed by atoms with Crippen molar-refractivity contribution in [2.45, 2.75) is 11.8 Å². The molecule has 1 fully saturated rings. The van der Waals surface area contributed by atoms with Gasteiger partial charge in [-0.1, -0.05) is 72.8 Å². The largest absolute Gasteiger partial charge is 0.393 e. The minimum Gasteiger partial charge on any atom is -0.393 e. The SMILES string of the molecule is O=C1OC(=O)[C@H]2[C@H]1[C@H](c1ccccc1)C=C[C@H]2c1ccccc1. The van der Waals surface area contributed by atoms with Crippen LogP contribution in [0.1, 0.15) is 23.0 Å². The lowest BCUT2D eigenvalue weighted by Gasteiger charge is -2.31. The molecule has 0 N–H and O–H groups in total. The normalized spacial score (nSPS) is 29.2. The van der Waals surface area contributed by atoms with Gasteiger partial charge in [-0.15, -0.1) is 0 Å². The van der Waals surface area contributed by atoms with Gasteiger partial charge < -0.3 is 4.74 Å². The number of benzene rings is 2. The Morgan fingerprint density at radius 1 is 0.609 bits per heavy atom. The topological polar surface area (TPSA) is 43.4 Å². The van der Waals surface area contributed by atoms with Crippen molar-refractivity contribution in [3.8, 4) is 0 Å². The maximum atomic E-state index is 12.3. The zero-order valence-electron chi connectivity index (χ0n) is 12.5. The van der Waals surface area contributed by atoms with E-state index in [1.807, 2.05) is 72.8 Å². The van der Waals surface area contributed by atoms with Crippen LogP contribution in [0.15, 0.2) is 72.8 Å². The maximum absolute atomic E-state index is 12.3. The van der Waals surface area contributed by atoms with Crippen LogP contribution in [-0.4, -0.2) is 11.9 Å². The van der Waals surface area contributed by atoms with Gasteiger partial charge in [0, 0.05) is 11.8 Å². The lowest BCUT2D eigenvalue weighted by atomic mass is 9.68. The smallest absolute Gasteiger partial charge is 0.318 e. The minimum absolute atomic E-state index is 0.111. The molecule has 1 heterocycles. The van der Waals surface area contributed by atoms with Gasteiger partial charge >= 0.3 is 11.9 Å². The van der Waals surface area contributed by atoms with E-state index in [9.17, 15) is 9.59 Å². The zero-order chi connectivity index (χ0) is 15.8. The van der Waals surface area contributed by atoms with Crippen molar-refractivity contribution in [1.82, 2.24) is 0 Å². The average Bonchev–Trinajstić information content (AvgIpc) is 2.91. The van der Waals surface area contributed by atoms with Crippen molar-refractivity contribution in [1.29, 1.82) is 0 Å². The fraction of sp³-hybridized carbons (Fsp3) is 0.200. The summed E-state index contributed by atoms with van der Waals surface area (Å²) in [6.45, 7) is 0. The number of esters is 2. The molecule has 3 nitrogen and oxygen atoms in total. The Bertz CT molecular complexity index is 698. The second-order valence-electron chi connectivity index (χ2n) is 6.05. The number of allylic oxidation sites excluding steroid dienone is 2. The van der Waals surface area contributed by atoms with Crippen LogP contribution in [0.3, 0.4) is 0 Å². The summed E-state index contributed by atoms with van der Waals surface area (Å²) in [6.07, 6.45) is 4.10. The van der Waals surface area contributed by atoms with Crippen LogP contribution < -0.4 is 0 Å². The van der Waals surface area contributed by atoms with Gasteiger partial charge in [-0.2, -0.15) is 0 Å². The van der Waals surface area contributed by atoms with E-state index >= 15 is 0 Å². The number of carbonyl (C=O) groups is 2. The van der Waals surface area contributed by atoms with E-state index < -0.39 is 23.8 Å². The van der Waals surface area contributed by atoms with E-state index in [0.29, 0.717) is 0 Å². The summed E-state index contributed by atoms with van der Waals surface area (Å²) < 4.78 is 4.99. The lowest BCUT2D eigenvalue weighted by Crippen LogP contribution is -2.31. The summed E-state index contributed by atoms with van der Waals surface area (Å²) in [6, 6.07) is 19.6. The summed E-state index contributed by atoms with van der Waals surface area (Å²) in [5.41, 5.74) is 2.08. The second-order valence-corrected chi connectivity index (χ2v) is 6.05. The first-order chi connectivity index (χ1) is 11.3. The van der Waals surface area contributed by atoms with Crippen LogP contribution >= 0.6 is 0 Å². The van der Waals surface area contributed by atoms with Crippen molar-refractivity contribution in [2.75, 3.05) is 0 Å². The lowest BCUT2D eigenvalue weighted by molar-refractivity contribution is -0.153. The molecule has 0 saturated carbocycles. The molecule has 3 heteroatoms. The van der Waals surface area contributed by atoms with Crippen molar-refractivity contribution < 1.29 is 14.3 Å². The first-order valence-corrected chi connectivity index (χ1v) is 7.79. The molecule has 114 valence electrons. The molecule has 1 aliphatic carbocycles. The molecule has 4 atom stereocenters. The van der Waals surface area contributed by atoms with Gasteiger partial charge in [0.2, 0.25) is 0 Å². The van der Waals surface area contributed by atoms with Gasteiger partial charge in [0.05, 0.1) is 11.8 Å². The number of ether oxygens (including phenoxy) is 1. The Balaban J connectivity index is 1.79. The first kappa shape index (κ1) is 13.9. The molecular weight excluding hydrogens is 288 g/mol. The van der Waals surface area contributed by atoms with Gasteiger partial charge in [0.15, 0.2) is 0 Å². The summed E-state index contributed by atoms with van der Waals surface area (Å²) in [7, 11) is 0. The minimum atomic E-state index is -0.444. The molecule has 2 aromatic carbocycles. The molecule has 2 aliphatic rings. The molecular formula is C20H16O3. The molecule has 2 aromatic rings. The number of hydrogen-bond acceptors (Lipinski definition) is 3. The highest BCUT2D eigenvalue weighted by Crippen LogP contribution is 2.48. The number of hydrogen-bond donors (Lipinski definition) is 0. The standard InChI is InChI=1S/C20H16O3/c21-19-17-15(13-7-3-1-4-8-13)11-12-16(18(17)20(22)23-19)14-9-5-2-6-10-14/h1-12,15-18H/t15-,16-,17+,18+/m0/s1. The fourth-order valence-electron chi connectivity index (χ4n) is 3.73. The molecule has 0 amide bonds. The molecule has 0 spiro atoms. The highest BCUT2D eigenvalue weighted by molar-refractivity contribution is 5.98. The summed E-state index contributed by atoms with van der Waals surface area (Å²) in [5.74, 6) is -1.92. The number of rotatable bonds is 2. The quantitative estimate of drug-likeness (QED) is 0.485. The van der Waals surface area contributed by atoms with Gasteiger partial charge in [0.1, 0.15) is 0 Å². The summed E-state index contributed by atoms with van der Waals surface area (Å²) in [4.78, 5) is 24.6. The molecule has 1 aliphatic heterocycles. The Morgan fingerprint density at radius 3 is 1.39 bits per heavy atom. The first-order valence-electron chi connectivity index (χ1n) is 7.79. The highest BCUT2D eigenvalue weighted by Gasteiger charge is 2.53. The Kier molecular flexibility index (Phi) is 3.34. The Morgan fingerprint density at radius 2 is 1.00 bits per heavy atom. The van der Waals surface area contributed by atoms with E-state index in [4.69, 9.17) is 4.74 Å². The highest BCUT2D eigenvalue weighted by atomic mass is 16.6. The third kappa shape index (κ3) is 2.29. The van der Waals surface area contributed by atoms with Crippen LogP contribution in [0.4, 0.5) is 0 Å².